The summed E-state index contributed by atoms with van der Waals surface area (Å²) >= 11 is 0. The largest absolute Gasteiger partial charge is 0.444 e. The van der Waals surface area contributed by atoms with Gasteiger partial charge in [-0.1, -0.05) is 0 Å². The molecule has 1 unspecified atom stereocenters. The van der Waals surface area contributed by atoms with Gasteiger partial charge >= 0.3 is 6.09 Å². The number of likely N-dealkylation sites (tertiary alicyclic amines) is 1. The minimum Gasteiger partial charge on any atom is -0.444 e. The van der Waals surface area contributed by atoms with Crippen LogP contribution in [0.1, 0.15) is 33.6 Å². The maximum Gasteiger partial charge on any atom is 0.410 e. The van der Waals surface area contributed by atoms with E-state index in [1.165, 1.54) is 4.90 Å². The normalized spacial score (nSPS) is 18.7. The minimum absolute atomic E-state index is 0.202. The van der Waals surface area contributed by atoms with Crippen molar-refractivity contribution in [3.63, 3.8) is 0 Å². The van der Waals surface area contributed by atoms with Crippen LogP contribution in [0.3, 0.4) is 0 Å². The summed E-state index contributed by atoms with van der Waals surface area (Å²) in [6.45, 7) is 5.98. The van der Waals surface area contributed by atoms with Gasteiger partial charge in [-0.15, -0.1) is 0 Å². The third kappa shape index (κ3) is 3.96. The number of carbonyl (C=O) groups excluding carboxylic acids is 2. The molecule has 7 heteroatoms. The number of amides is 2. The lowest BCUT2D eigenvalue weighted by atomic mass is 10.2. The van der Waals surface area contributed by atoms with Gasteiger partial charge in [-0.05, 0) is 33.6 Å². The molecule has 1 fully saturated rings. The molecule has 0 saturated carbocycles. The van der Waals surface area contributed by atoms with Gasteiger partial charge in [-0.25, -0.2) is 4.79 Å². The van der Waals surface area contributed by atoms with E-state index < -0.39 is 17.7 Å². The highest BCUT2D eigenvalue weighted by molar-refractivity contribution is 5.96. The third-order valence-electron chi connectivity index (χ3n) is 3.16. The Kier molecular flexibility index (Phi) is 4.20. The SMILES string of the molecule is Cn1cc(NC(=O)C2CCCN2C(=O)OC(C)(C)C)cn1. The Morgan fingerprint density at radius 2 is 2.14 bits per heavy atom. The number of aromatic nitrogens is 2. The summed E-state index contributed by atoms with van der Waals surface area (Å²) in [6.07, 6.45) is 4.29. The number of aryl methyl sites for hydroxylation is 1. The first-order valence-corrected chi connectivity index (χ1v) is 7.05. The second-order valence-electron chi connectivity index (χ2n) is 6.22. The average Bonchev–Trinajstić information content (AvgIpc) is 2.95. The lowest BCUT2D eigenvalue weighted by Crippen LogP contribution is -2.45. The maximum absolute atomic E-state index is 12.3. The molecule has 0 aliphatic carbocycles. The highest BCUT2D eigenvalue weighted by Crippen LogP contribution is 2.22. The molecule has 2 heterocycles. The third-order valence-corrected chi connectivity index (χ3v) is 3.16. The average molecular weight is 294 g/mol. The predicted octanol–water partition coefficient (Wildman–Crippen LogP) is 1.76. The molecule has 0 spiro atoms. The van der Waals surface area contributed by atoms with Crippen molar-refractivity contribution in [1.29, 1.82) is 0 Å². The Bertz CT molecular complexity index is 533. The molecule has 2 rings (SSSR count). The van der Waals surface area contributed by atoms with Crippen LogP contribution in [0.4, 0.5) is 10.5 Å². The van der Waals surface area contributed by atoms with Crippen molar-refractivity contribution < 1.29 is 14.3 Å². The summed E-state index contributed by atoms with van der Waals surface area (Å²) in [7, 11) is 1.78. The van der Waals surface area contributed by atoms with Crippen LogP contribution in [0, 0.1) is 0 Å². The molecular formula is C14H22N4O3. The molecule has 1 saturated heterocycles. The molecule has 1 atom stereocenters. The van der Waals surface area contributed by atoms with Gasteiger partial charge < -0.3 is 10.1 Å². The summed E-state index contributed by atoms with van der Waals surface area (Å²) in [6, 6.07) is -0.486. The van der Waals surface area contributed by atoms with Crippen LogP contribution in [0.15, 0.2) is 12.4 Å². The van der Waals surface area contributed by atoms with Crippen LogP contribution in [0.5, 0.6) is 0 Å². The predicted molar refractivity (Wildman–Crippen MR) is 77.8 cm³/mol. The molecule has 1 aliphatic heterocycles. The van der Waals surface area contributed by atoms with E-state index in [2.05, 4.69) is 10.4 Å². The van der Waals surface area contributed by atoms with Crippen LogP contribution < -0.4 is 5.32 Å². The Labute approximate surface area is 124 Å². The van der Waals surface area contributed by atoms with Crippen molar-refractivity contribution >= 4 is 17.7 Å². The highest BCUT2D eigenvalue weighted by Gasteiger charge is 2.36. The van der Waals surface area contributed by atoms with Crippen LogP contribution in [0.2, 0.25) is 0 Å². The lowest BCUT2D eigenvalue weighted by Gasteiger charge is -2.27. The molecular weight excluding hydrogens is 272 g/mol. The number of ether oxygens (including phenoxy) is 1. The second-order valence-corrected chi connectivity index (χ2v) is 6.22. The van der Waals surface area contributed by atoms with Gasteiger partial charge in [0.25, 0.3) is 0 Å². The molecule has 1 aromatic heterocycles. The van der Waals surface area contributed by atoms with Gasteiger partial charge in [0.15, 0.2) is 0 Å². The molecule has 21 heavy (non-hydrogen) atoms. The minimum atomic E-state index is -0.565. The standard InChI is InChI=1S/C14H22N4O3/c1-14(2,3)21-13(20)18-7-5-6-11(18)12(19)16-10-8-15-17(4)9-10/h8-9,11H,5-7H2,1-4H3,(H,16,19). The fourth-order valence-electron chi connectivity index (χ4n) is 2.29. The second kappa shape index (κ2) is 5.75. The number of anilines is 1. The van der Waals surface area contributed by atoms with E-state index >= 15 is 0 Å². The van der Waals surface area contributed by atoms with Crippen molar-refractivity contribution in [3.8, 4) is 0 Å². The maximum atomic E-state index is 12.3. The number of hydrogen-bond donors (Lipinski definition) is 1. The summed E-state index contributed by atoms with van der Waals surface area (Å²) in [5, 5.41) is 6.78. The lowest BCUT2D eigenvalue weighted by molar-refractivity contribution is -0.120. The monoisotopic (exact) mass is 294 g/mol. The fourth-order valence-corrected chi connectivity index (χ4v) is 2.29. The highest BCUT2D eigenvalue weighted by atomic mass is 16.6. The van der Waals surface area contributed by atoms with Gasteiger partial charge in [0.1, 0.15) is 11.6 Å². The van der Waals surface area contributed by atoms with Crippen molar-refractivity contribution in [3.05, 3.63) is 12.4 Å². The number of nitrogens with zero attached hydrogens (tertiary/aromatic N) is 3. The fraction of sp³-hybridized carbons (Fsp3) is 0.643. The topological polar surface area (TPSA) is 76.5 Å². The van der Waals surface area contributed by atoms with Gasteiger partial charge in [0.2, 0.25) is 5.91 Å². The van der Waals surface area contributed by atoms with Gasteiger partial charge in [0, 0.05) is 19.8 Å². The zero-order valence-electron chi connectivity index (χ0n) is 12.9. The van der Waals surface area contributed by atoms with E-state index in [1.807, 2.05) is 20.8 Å². The number of rotatable bonds is 2. The van der Waals surface area contributed by atoms with Crippen LogP contribution in [0.25, 0.3) is 0 Å². The van der Waals surface area contributed by atoms with E-state index in [1.54, 1.807) is 24.1 Å². The van der Waals surface area contributed by atoms with Gasteiger partial charge in [-0.3, -0.25) is 14.4 Å². The smallest absolute Gasteiger partial charge is 0.410 e. The molecule has 0 radical (unpaired) electrons. The zero-order chi connectivity index (χ0) is 15.6. The molecule has 2 amide bonds. The van der Waals surface area contributed by atoms with Crippen molar-refractivity contribution in [2.45, 2.75) is 45.3 Å². The number of carbonyl (C=O) groups is 2. The first-order valence-electron chi connectivity index (χ1n) is 7.05. The zero-order valence-corrected chi connectivity index (χ0v) is 12.9. The number of nitrogens with one attached hydrogen (secondary N) is 1. The van der Waals surface area contributed by atoms with Crippen LogP contribution in [-0.2, 0) is 16.6 Å². The van der Waals surface area contributed by atoms with Crippen molar-refractivity contribution in [2.24, 2.45) is 7.05 Å². The quantitative estimate of drug-likeness (QED) is 0.901. The first kappa shape index (κ1) is 15.3. The van der Waals surface area contributed by atoms with Crippen LogP contribution >= 0.6 is 0 Å². The molecule has 116 valence electrons. The van der Waals surface area contributed by atoms with Crippen molar-refractivity contribution in [2.75, 3.05) is 11.9 Å². The first-order chi connectivity index (χ1) is 9.76. The summed E-state index contributed by atoms with van der Waals surface area (Å²) < 4.78 is 6.95. The molecule has 0 bridgehead atoms. The Morgan fingerprint density at radius 1 is 1.43 bits per heavy atom. The van der Waals surface area contributed by atoms with E-state index in [0.717, 1.165) is 6.42 Å². The summed E-state index contributed by atoms with van der Waals surface area (Å²) in [5.41, 5.74) is 0.0582. The van der Waals surface area contributed by atoms with Gasteiger partial charge in [0.05, 0.1) is 11.9 Å². The summed E-state index contributed by atoms with van der Waals surface area (Å²) in [4.78, 5) is 25.9. The Morgan fingerprint density at radius 3 is 2.71 bits per heavy atom. The molecule has 1 N–H and O–H groups in total. The number of hydrogen-bond acceptors (Lipinski definition) is 4. The van der Waals surface area contributed by atoms with Gasteiger partial charge in [-0.2, -0.15) is 5.10 Å². The molecule has 7 nitrogen and oxygen atoms in total. The van der Waals surface area contributed by atoms with E-state index in [9.17, 15) is 9.59 Å². The van der Waals surface area contributed by atoms with Crippen LogP contribution in [-0.4, -0.2) is 44.9 Å². The Hall–Kier alpha value is -2.05. The molecule has 1 aliphatic rings. The molecule has 1 aromatic rings. The Balaban J connectivity index is 2.00. The van der Waals surface area contributed by atoms with E-state index in [4.69, 9.17) is 4.74 Å². The van der Waals surface area contributed by atoms with E-state index in [0.29, 0.717) is 18.7 Å². The summed E-state index contributed by atoms with van der Waals surface area (Å²) in [5.74, 6) is -0.202. The van der Waals surface area contributed by atoms with Crippen molar-refractivity contribution in [1.82, 2.24) is 14.7 Å². The van der Waals surface area contributed by atoms with E-state index in [-0.39, 0.29) is 5.91 Å². The molecule has 0 aromatic carbocycles.